The molecule has 9 nitrogen and oxygen atoms in total. The van der Waals surface area contributed by atoms with Crippen LogP contribution in [0.3, 0.4) is 0 Å². The monoisotopic (exact) mass is 409 g/mol. The quantitative estimate of drug-likeness (QED) is 0.551. The van der Waals surface area contributed by atoms with E-state index in [4.69, 9.17) is 0 Å². The summed E-state index contributed by atoms with van der Waals surface area (Å²) >= 11 is 0. The van der Waals surface area contributed by atoms with Crippen LogP contribution >= 0.6 is 0 Å². The number of hydrogen-bond acceptors (Lipinski definition) is 5. The molecule has 0 fully saturated rings. The van der Waals surface area contributed by atoms with E-state index in [-0.39, 0.29) is 34.3 Å². The highest BCUT2D eigenvalue weighted by molar-refractivity contribution is 5.77. The number of hydrogen-bond donors (Lipinski definition) is 1. The van der Waals surface area contributed by atoms with Gasteiger partial charge in [0.2, 0.25) is 11.7 Å². The predicted octanol–water partition coefficient (Wildman–Crippen LogP) is 1.43. The lowest BCUT2D eigenvalue weighted by molar-refractivity contribution is 0.432. The summed E-state index contributed by atoms with van der Waals surface area (Å²) in [6.07, 6.45) is 0.674. The average molecular weight is 409 g/mol. The molecule has 3 heterocycles. The summed E-state index contributed by atoms with van der Waals surface area (Å²) in [5.41, 5.74) is 0.293. The van der Waals surface area contributed by atoms with E-state index in [0.29, 0.717) is 12.1 Å². The molecule has 4 aromatic rings. The van der Waals surface area contributed by atoms with Crippen molar-refractivity contribution >= 4 is 16.9 Å². The number of aromatic hydroxyl groups is 1. The van der Waals surface area contributed by atoms with Gasteiger partial charge in [0, 0.05) is 14.1 Å². The Balaban J connectivity index is 2.39. The molecule has 1 N–H and O–H groups in total. The minimum atomic E-state index is -0.598. The largest absolute Gasteiger partial charge is 0.494 e. The molecule has 0 aliphatic rings. The Labute approximate surface area is 171 Å². The fourth-order valence-corrected chi connectivity index (χ4v) is 3.91. The summed E-state index contributed by atoms with van der Waals surface area (Å²) < 4.78 is 4.89. The summed E-state index contributed by atoms with van der Waals surface area (Å²) in [5, 5.41) is 11.0. The maximum atomic E-state index is 13.5. The lowest BCUT2D eigenvalue weighted by atomic mass is 10.1. The van der Waals surface area contributed by atoms with Crippen LogP contribution < -0.4 is 16.8 Å². The van der Waals surface area contributed by atoms with Gasteiger partial charge in [-0.2, -0.15) is 4.98 Å². The van der Waals surface area contributed by atoms with Crippen molar-refractivity contribution in [2.75, 3.05) is 0 Å². The van der Waals surface area contributed by atoms with Crippen LogP contribution in [0.1, 0.15) is 37.8 Å². The SMILES string of the molecule is CCc1ccccc1-n1c(=O)c(C(C)C)c(O)n2c3c(=O)n(C)c(=O)n(C)c3nc12. The van der Waals surface area contributed by atoms with Gasteiger partial charge in [0.25, 0.3) is 11.1 Å². The summed E-state index contributed by atoms with van der Waals surface area (Å²) in [5.74, 6) is -0.569. The van der Waals surface area contributed by atoms with Gasteiger partial charge in [0.1, 0.15) is 0 Å². The number of nitrogens with zero attached hydrogens (tertiary/aromatic N) is 5. The van der Waals surface area contributed by atoms with E-state index in [1.807, 2.05) is 25.1 Å². The molecule has 4 rings (SSSR count). The van der Waals surface area contributed by atoms with E-state index in [9.17, 15) is 19.5 Å². The van der Waals surface area contributed by atoms with Crippen LogP contribution in [-0.2, 0) is 20.5 Å². The first-order chi connectivity index (χ1) is 14.2. The van der Waals surface area contributed by atoms with E-state index in [1.165, 1.54) is 27.6 Å². The van der Waals surface area contributed by atoms with Gasteiger partial charge < -0.3 is 5.11 Å². The molecule has 0 unspecified atom stereocenters. The highest BCUT2D eigenvalue weighted by atomic mass is 16.3. The molecule has 0 saturated carbocycles. The van der Waals surface area contributed by atoms with Crippen molar-refractivity contribution in [3.05, 3.63) is 66.6 Å². The summed E-state index contributed by atoms with van der Waals surface area (Å²) in [7, 11) is 2.87. The van der Waals surface area contributed by atoms with Gasteiger partial charge in [0.05, 0.1) is 11.3 Å². The molecule has 30 heavy (non-hydrogen) atoms. The molecule has 0 atom stereocenters. The molecular weight excluding hydrogens is 386 g/mol. The first-order valence-corrected chi connectivity index (χ1v) is 9.75. The molecule has 9 heteroatoms. The molecule has 0 spiro atoms. The first kappa shape index (κ1) is 19.7. The van der Waals surface area contributed by atoms with Crippen molar-refractivity contribution < 1.29 is 5.11 Å². The number of benzene rings is 1. The second-order valence-corrected chi connectivity index (χ2v) is 7.64. The van der Waals surface area contributed by atoms with Gasteiger partial charge in [-0.1, -0.05) is 39.0 Å². The van der Waals surface area contributed by atoms with E-state index >= 15 is 0 Å². The normalized spacial score (nSPS) is 11.8. The van der Waals surface area contributed by atoms with Crippen molar-refractivity contribution in [2.24, 2.45) is 14.1 Å². The second-order valence-electron chi connectivity index (χ2n) is 7.64. The Bertz CT molecular complexity index is 1500. The van der Waals surface area contributed by atoms with Gasteiger partial charge in [-0.25, -0.2) is 13.8 Å². The van der Waals surface area contributed by atoms with Crippen LogP contribution in [0.4, 0.5) is 0 Å². The molecule has 0 radical (unpaired) electrons. The van der Waals surface area contributed by atoms with Crippen LogP contribution in [0.5, 0.6) is 5.88 Å². The van der Waals surface area contributed by atoms with E-state index in [0.717, 1.165) is 10.1 Å². The zero-order chi connectivity index (χ0) is 21.9. The highest BCUT2D eigenvalue weighted by Crippen LogP contribution is 2.28. The van der Waals surface area contributed by atoms with Crippen LogP contribution in [0.15, 0.2) is 38.6 Å². The highest BCUT2D eigenvalue weighted by Gasteiger charge is 2.26. The minimum absolute atomic E-state index is 0.0386. The van der Waals surface area contributed by atoms with Crippen molar-refractivity contribution in [2.45, 2.75) is 33.1 Å². The van der Waals surface area contributed by atoms with Crippen LogP contribution in [0.25, 0.3) is 22.6 Å². The van der Waals surface area contributed by atoms with Crippen molar-refractivity contribution in [3.63, 3.8) is 0 Å². The van der Waals surface area contributed by atoms with Crippen molar-refractivity contribution in [3.8, 4) is 11.6 Å². The zero-order valence-corrected chi connectivity index (χ0v) is 17.5. The Kier molecular flexibility index (Phi) is 4.41. The van der Waals surface area contributed by atoms with Gasteiger partial charge in [-0.05, 0) is 24.0 Å². The number of fused-ring (bicyclic) bond motifs is 3. The van der Waals surface area contributed by atoms with Gasteiger partial charge >= 0.3 is 5.69 Å². The molecule has 0 bridgehead atoms. The molecule has 0 saturated heterocycles. The van der Waals surface area contributed by atoms with Crippen molar-refractivity contribution in [1.29, 1.82) is 0 Å². The van der Waals surface area contributed by atoms with Crippen LogP contribution in [-0.4, -0.2) is 28.2 Å². The maximum absolute atomic E-state index is 13.5. The lowest BCUT2D eigenvalue weighted by Gasteiger charge is -2.17. The second kappa shape index (κ2) is 6.72. The Morgan fingerprint density at radius 1 is 1.03 bits per heavy atom. The average Bonchev–Trinajstić information content (AvgIpc) is 3.11. The van der Waals surface area contributed by atoms with E-state index in [1.54, 1.807) is 19.9 Å². The number of rotatable bonds is 3. The third kappa shape index (κ3) is 2.47. The third-order valence-electron chi connectivity index (χ3n) is 5.52. The summed E-state index contributed by atoms with van der Waals surface area (Å²) in [6.45, 7) is 5.57. The molecular formula is C21H23N5O4. The Hall–Kier alpha value is -3.62. The molecule has 1 aromatic carbocycles. The number of aromatic nitrogens is 5. The molecule has 156 valence electrons. The fourth-order valence-electron chi connectivity index (χ4n) is 3.91. The van der Waals surface area contributed by atoms with Gasteiger partial charge in [-0.3, -0.25) is 18.7 Å². The Morgan fingerprint density at radius 2 is 1.70 bits per heavy atom. The molecule has 0 aliphatic heterocycles. The number of aryl methyl sites for hydroxylation is 2. The molecule has 0 amide bonds. The fraction of sp³-hybridized carbons (Fsp3) is 0.333. The van der Waals surface area contributed by atoms with E-state index in [2.05, 4.69) is 4.98 Å². The maximum Gasteiger partial charge on any atom is 0.332 e. The smallest absolute Gasteiger partial charge is 0.332 e. The van der Waals surface area contributed by atoms with E-state index < -0.39 is 16.8 Å². The predicted molar refractivity (Wildman–Crippen MR) is 114 cm³/mol. The third-order valence-corrected chi connectivity index (χ3v) is 5.52. The number of imidazole rings is 1. The molecule has 0 aliphatic carbocycles. The van der Waals surface area contributed by atoms with Crippen LogP contribution in [0, 0.1) is 0 Å². The first-order valence-electron chi connectivity index (χ1n) is 9.75. The summed E-state index contributed by atoms with van der Waals surface area (Å²) in [6, 6.07) is 7.42. The topological polar surface area (TPSA) is 104 Å². The van der Waals surface area contributed by atoms with Gasteiger partial charge in [-0.15, -0.1) is 0 Å². The minimum Gasteiger partial charge on any atom is -0.494 e. The Morgan fingerprint density at radius 3 is 2.33 bits per heavy atom. The zero-order valence-electron chi connectivity index (χ0n) is 17.5. The number of para-hydroxylation sites is 1. The summed E-state index contributed by atoms with van der Waals surface area (Å²) in [4.78, 5) is 43.3. The lowest BCUT2D eigenvalue weighted by Crippen LogP contribution is -2.37. The molecule has 3 aromatic heterocycles. The van der Waals surface area contributed by atoms with Gasteiger partial charge in [0.15, 0.2) is 11.2 Å². The van der Waals surface area contributed by atoms with Crippen LogP contribution in [0.2, 0.25) is 0 Å². The van der Waals surface area contributed by atoms with Crippen molar-refractivity contribution in [1.82, 2.24) is 23.1 Å². The standard InChI is InChI=1S/C21H23N5O4/c1-6-12-9-7-8-10-13(12)25-17(27)14(11(2)3)18(28)26-15-16(22-20(25)26)23(4)21(30)24(5)19(15)29/h7-11,28H,6H2,1-5H3.